The van der Waals surface area contributed by atoms with Gasteiger partial charge in [-0.3, -0.25) is 9.36 Å². The molecule has 10 heteroatoms. The Morgan fingerprint density at radius 1 is 1.18 bits per heavy atom. The number of aryl methyl sites for hydroxylation is 1. The molecule has 0 saturated heterocycles. The summed E-state index contributed by atoms with van der Waals surface area (Å²) in [6.45, 7) is 3.86. The lowest BCUT2D eigenvalue weighted by molar-refractivity contribution is 0.628. The third-order valence-electron chi connectivity index (χ3n) is 5.40. The number of nitrogens with one attached hydrogen (secondary N) is 2. The summed E-state index contributed by atoms with van der Waals surface area (Å²) >= 11 is 6.30. The first-order valence-electron chi connectivity index (χ1n) is 10.3. The lowest BCUT2D eigenvalue weighted by atomic mass is 10.1. The second-order valence-corrected chi connectivity index (χ2v) is 8.12. The first-order chi connectivity index (χ1) is 15.9. The van der Waals surface area contributed by atoms with Crippen molar-refractivity contribution >= 4 is 39.5 Å². The number of benzene rings is 2. The fraction of sp³-hybridized carbons (Fsp3) is 0.174. The number of imidazole rings is 1. The summed E-state index contributed by atoms with van der Waals surface area (Å²) in [6.07, 6.45) is 3.54. The van der Waals surface area contributed by atoms with Gasteiger partial charge in [0.2, 0.25) is 0 Å². The third kappa shape index (κ3) is 3.80. The van der Waals surface area contributed by atoms with Crippen molar-refractivity contribution in [1.29, 1.82) is 0 Å². The van der Waals surface area contributed by atoms with E-state index < -0.39 is 11.9 Å². The molecule has 5 aromatic rings. The molecule has 0 fully saturated rings. The SMILES string of the molecule is CCC(Nc1ncnc2nc[nH]c12)c1nc2ccc(F)cc2c(=O)n1-c1cc(C)cc(Cl)c1. The normalized spacial score (nSPS) is 12.4. The molecule has 3 heterocycles. The van der Waals surface area contributed by atoms with Crippen LogP contribution in [0.3, 0.4) is 0 Å². The molecule has 0 saturated carbocycles. The van der Waals surface area contributed by atoms with E-state index in [1.165, 1.54) is 29.1 Å². The van der Waals surface area contributed by atoms with Gasteiger partial charge in [-0.05, 0) is 55.3 Å². The van der Waals surface area contributed by atoms with E-state index in [1.54, 1.807) is 18.5 Å². The van der Waals surface area contributed by atoms with Gasteiger partial charge in [0.15, 0.2) is 11.5 Å². The molecule has 33 heavy (non-hydrogen) atoms. The molecule has 2 N–H and O–H groups in total. The molecule has 1 unspecified atom stereocenters. The number of hydrogen-bond donors (Lipinski definition) is 2. The van der Waals surface area contributed by atoms with E-state index >= 15 is 0 Å². The number of hydrogen-bond acceptors (Lipinski definition) is 6. The molecular formula is C23H19ClFN7O. The van der Waals surface area contributed by atoms with Crippen molar-refractivity contribution < 1.29 is 4.39 Å². The number of halogens is 2. The van der Waals surface area contributed by atoms with Crippen molar-refractivity contribution in [2.75, 3.05) is 5.32 Å². The van der Waals surface area contributed by atoms with Gasteiger partial charge < -0.3 is 10.3 Å². The highest BCUT2D eigenvalue weighted by atomic mass is 35.5. The number of anilines is 1. The molecule has 1 atom stereocenters. The largest absolute Gasteiger partial charge is 0.358 e. The zero-order valence-electron chi connectivity index (χ0n) is 17.8. The van der Waals surface area contributed by atoms with E-state index in [1.807, 2.05) is 19.9 Å². The number of H-pyrrole nitrogens is 1. The van der Waals surface area contributed by atoms with E-state index in [9.17, 15) is 9.18 Å². The maximum atomic E-state index is 14.0. The quantitative estimate of drug-likeness (QED) is 0.391. The summed E-state index contributed by atoms with van der Waals surface area (Å²) in [7, 11) is 0. The summed E-state index contributed by atoms with van der Waals surface area (Å²) in [5.41, 5.74) is 2.62. The molecule has 0 radical (unpaired) electrons. The summed E-state index contributed by atoms with van der Waals surface area (Å²) in [5, 5.41) is 4.03. The fourth-order valence-electron chi connectivity index (χ4n) is 3.89. The molecule has 0 aliphatic heterocycles. The summed E-state index contributed by atoms with van der Waals surface area (Å²) in [6, 6.07) is 8.93. The maximum absolute atomic E-state index is 14.0. The van der Waals surface area contributed by atoms with Crippen LogP contribution < -0.4 is 10.9 Å². The Balaban J connectivity index is 1.75. The number of aromatic nitrogens is 6. The zero-order chi connectivity index (χ0) is 23.1. The molecule has 0 amide bonds. The molecule has 8 nitrogen and oxygen atoms in total. The molecule has 2 aromatic carbocycles. The van der Waals surface area contributed by atoms with Crippen LogP contribution in [0.4, 0.5) is 10.2 Å². The topological polar surface area (TPSA) is 101 Å². The van der Waals surface area contributed by atoms with Gasteiger partial charge in [0.1, 0.15) is 23.5 Å². The van der Waals surface area contributed by atoms with Gasteiger partial charge in [0.25, 0.3) is 5.56 Å². The van der Waals surface area contributed by atoms with E-state index in [-0.39, 0.29) is 10.9 Å². The van der Waals surface area contributed by atoms with Crippen molar-refractivity contribution in [2.45, 2.75) is 26.3 Å². The van der Waals surface area contributed by atoms with Crippen molar-refractivity contribution in [3.05, 3.63) is 81.6 Å². The van der Waals surface area contributed by atoms with Gasteiger partial charge in [-0.2, -0.15) is 0 Å². The average Bonchev–Trinajstić information content (AvgIpc) is 3.27. The van der Waals surface area contributed by atoms with Crippen molar-refractivity contribution in [3.63, 3.8) is 0 Å². The molecule has 0 aliphatic rings. The Morgan fingerprint density at radius 2 is 2.03 bits per heavy atom. The summed E-state index contributed by atoms with van der Waals surface area (Å²) < 4.78 is 15.5. The van der Waals surface area contributed by atoms with Crippen LogP contribution in [0.25, 0.3) is 27.8 Å². The second-order valence-electron chi connectivity index (χ2n) is 7.69. The minimum absolute atomic E-state index is 0.184. The van der Waals surface area contributed by atoms with Gasteiger partial charge in [0.05, 0.1) is 29.0 Å². The van der Waals surface area contributed by atoms with Crippen LogP contribution in [0.5, 0.6) is 0 Å². The lowest BCUT2D eigenvalue weighted by Crippen LogP contribution is -2.28. The highest BCUT2D eigenvalue weighted by Gasteiger charge is 2.22. The maximum Gasteiger partial charge on any atom is 0.266 e. The Kier molecular flexibility index (Phi) is 5.26. The predicted molar refractivity (Wildman–Crippen MR) is 125 cm³/mol. The monoisotopic (exact) mass is 463 g/mol. The fourth-order valence-corrected chi connectivity index (χ4v) is 4.18. The zero-order valence-corrected chi connectivity index (χ0v) is 18.6. The molecule has 0 bridgehead atoms. The number of nitrogens with zero attached hydrogens (tertiary/aromatic N) is 5. The van der Waals surface area contributed by atoms with Crippen LogP contribution in [-0.2, 0) is 0 Å². The highest BCUT2D eigenvalue weighted by molar-refractivity contribution is 6.30. The third-order valence-corrected chi connectivity index (χ3v) is 5.61. The number of aromatic amines is 1. The predicted octanol–water partition coefficient (Wildman–Crippen LogP) is 4.72. The number of rotatable bonds is 5. The second kappa shape index (κ2) is 8.25. The van der Waals surface area contributed by atoms with Crippen LogP contribution >= 0.6 is 11.6 Å². The molecule has 166 valence electrons. The van der Waals surface area contributed by atoms with Gasteiger partial charge in [-0.1, -0.05) is 18.5 Å². The minimum atomic E-state index is -0.504. The molecular weight excluding hydrogens is 445 g/mol. The van der Waals surface area contributed by atoms with Gasteiger partial charge in [-0.25, -0.2) is 24.3 Å². The molecule has 0 aliphatic carbocycles. The van der Waals surface area contributed by atoms with Gasteiger partial charge in [0, 0.05) is 5.02 Å². The van der Waals surface area contributed by atoms with Crippen molar-refractivity contribution in [3.8, 4) is 5.69 Å². The Morgan fingerprint density at radius 3 is 2.82 bits per heavy atom. The van der Waals surface area contributed by atoms with Crippen LogP contribution in [0.2, 0.25) is 5.02 Å². The first kappa shape index (κ1) is 21.0. The van der Waals surface area contributed by atoms with E-state index in [0.29, 0.717) is 45.5 Å². The average molecular weight is 464 g/mol. The highest BCUT2D eigenvalue weighted by Crippen LogP contribution is 2.27. The Bertz CT molecular complexity index is 1540. The van der Waals surface area contributed by atoms with Crippen LogP contribution in [-0.4, -0.2) is 29.5 Å². The minimum Gasteiger partial charge on any atom is -0.358 e. The smallest absolute Gasteiger partial charge is 0.266 e. The number of fused-ring (bicyclic) bond motifs is 2. The Labute approximate surface area is 192 Å². The summed E-state index contributed by atoms with van der Waals surface area (Å²) in [4.78, 5) is 34.1. The Hall–Kier alpha value is -3.85. The van der Waals surface area contributed by atoms with E-state index in [0.717, 1.165) is 5.56 Å². The van der Waals surface area contributed by atoms with Crippen molar-refractivity contribution in [2.24, 2.45) is 0 Å². The first-order valence-corrected chi connectivity index (χ1v) is 10.7. The molecule has 0 spiro atoms. The van der Waals surface area contributed by atoms with Gasteiger partial charge in [-0.15, -0.1) is 0 Å². The standard InChI is InChI=1S/C23H19ClFN7O/c1-3-17(30-21-19-20(27-10-26-19)28-11-29-21)22-31-18-5-4-14(25)9-16(18)23(33)32(22)15-7-12(2)6-13(24)8-15/h4-11,17H,3H2,1-2H3,(H2,26,27,28,29,30). The molecule has 3 aromatic heterocycles. The van der Waals surface area contributed by atoms with E-state index in [4.69, 9.17) is 16.6 Å². The molecule has 5 rings (SSSR count). The van der Waals surface area contributed by atoms with Gasteiger partial charge >= 0.3 is 0 Å². The van der Waals surface area contributed by atoms with Crippen LogP contribution in [0.15, 0.2) is 53.8 Å². The summed E-state index contributed by atoms with van der Waals surface area (Å²) in [5.74, 6) is 0.483. The lowest BCUT2D eigenvalue weighted by Gasteiger charge is -2.22. The van der Waals surface area contributed by atoms with E-state index in [2.05, 4.69) is 25.3 Å². The van der Waals surface area contributed by atoms with Crippen LogP contribution in [0, 0.1) is 12.7 Å². The van der Waals surface area contributed by atoms with Crippen LogP contribution in [0.1, 0.15) is 30.8 Å². The van der Waals surface area contributed by atoms with Crippen molar-refractivity contribution in [1.82, 2.24) is 29.5 Å².